The van der Waals surface area contributed by atoms with Crippen molar-refractivity contribution in [3.05, 3.63) is 70.8 Å². The second-order valence-corrected chi connectivity index (χ2v) is 7.96. The Labute approximate surface area is 187 Å². The largest absolute Gasteiger partial charge is 0.448 e. The first-order valence-corrected chi connectivity index (χ1v) is 10.2. The molecule has 8 nitrogen and oxygen atoms in total. The molecule has 158 valence electrons. The number of hydrogen-bond acceptors (Lipinski definition) is 6. The van der Waals surface area contributed by atoms with Gasteiger partial charge >= 0.3 is 11.9 Å². The van der Waals surface area contributed by atoms with Crippen molar-refractivity contribution >= 4 is 46.3 Å². The van der Waals surface area contributed by atoms with Gasteiger partial charge in [0.2, 0.25) is 0 Å². The number of ether oxygens (including phenoxy) is 2. The summed E-state index contributed by atoms with van der Waals surface area (Å²) in [4.78, 5) is 47.9. The van der Waals surface area contributed by atoms with Gasteiger partial charge in [0.15, 0.2) is 6.23 Å². The molecule has 0 bridgehead atoms. The predicted octanol–water partition coefficient (Wildman–Crippen LogP) is 2.92. The second kappa shape index (κ2) is 10.7. The van der Waals surface area contributed by atoms with Crippen LogP contribution in [0.5, 0.6) is 0 Å². The lowest BCUT2D eigenvalue weighted by Crippen LogP contribution is -2.36. The smallest absolute Gasteiger partial charge is 0.340 e. The van der Waals surface area contributed by atoms with Gasteiger partial charge in [0.05, 0.1) is 11.1 Å². The summed E-state index contributed by atoms with van der Waals surface area (Å²) in [7, 11) is 1.51. The molecule has 2 rings (SSSR count). The van der Waals surface area contributed by atoms with Gasteiger partial charge in [0.1, 0.15) is 4.11 Å². The molecule has 0 fully saturated rings. The molecule has 0 spiro atoms. The van der Waals surface area contributed by atoms with Crippen molar-refractivity contribution in [2.45, 2.75) is 24.2 Å². The van der Waals surface area contributed by atoms with Gasteiger partial charge < -0.3 is 20.1 Å². The first-order valence-electron chi connectivity index (χ1n) is 9.00. The van der Waals surface area contributed by atoms with E-state index in [9.17, 15) is 19.2 Å². The number of amides is 2. The van der Waals surface area contributed by atoms with Crippen LogP contribution in [0.2, 0.25) is 0 Å². The van der Waals surface area contributed by atoms with Crippen molar-refractivity contribution < 1.29 is 28.7 Å². The van der Waals surface area contributed by atoms with Gasteiger partial charge in [-0.3, -0.25) is 9.59 Å². The standard InChI is InChI=1S/C21H21IN2O6/c1-12(22)29-20(27)16-10-6-15(7-11-16)19(26)24-13(2)30-21(28)17-8-4-14(5-9-17)18(25)23-3/h4-13H,1-3H3,(H,23,25)(H,24,26)/t12?,13-/m0/s1. The summed E-state index contributed by atoms with van der Waals surface area (Å²) in [5, 5.41) is 5.04. The highest BCUT2D eigenvalue weighted by Gasteiger charge is 2.17. The molecule has 0 aromatic heterocycles. The molecule has 2 amide bonds. The van der Waals surface area contributed by atoms with E-state index in [4.69, 9.17) is 9.47 Å². The molecule has 2 aromatic rings. The van der Waals surface area contributed by atoms with Gasteiger partial charge in [0, 0.05) is 18.2 Å². The number of rotatable bonds is 7. The molecule has 1 unspecified atom stereocenters. The monoisotopic (exact) mass is 524 g/mol. The van der Waals surface area contributed by atoms with Gasteiger partial charge in [-0.05, 0) is 85.0 Å². The summed E-state index contributed by atoms with van der Waals surface area (Å²) >= 11 is 1.97. The van der Waals surface area contributed by atoms with Crippen LogP contribution in [-0.4, -0.2) is 41.1 Å². The number of benzene rings is 2. The van der Waals surface area contributed by atoms with Crippen LogP contribution in [0.4, 0.5) is 0 Å². The van der Waals surface area contributed by atoms with E-state index in [1.165, 1.54) is 62.5 Å². The summed E-state index contributed by atoms with van der Waals surface area (Å²) < 4.78 is 10.0. The zero-order valence-corrected chi connectivity index (χ0v) is 18.8. The molecule has 0 aliphatic heterocycles. The molecule has 2 atom stereocenters. The van der Waals surface area contributed by atoms with E-state index < -0.39 is 24.1 Å². The van der Waals surface area contributed by atoms with Crippen LogP contribution >= 0.6 is 22.6 Å². The van der Waals surface area contributed by atoms with Gasteiger partial charge in [-0.2, -0.15) is 0 Å². The maximum Gasteiger partial charge on any atom is 0.340 e. The van der Waals surface area contributed by atoms with E-state index in [0.717, 1.165) is 0 Å². The highest BCUT2D eigenvalue weighted by Crippen LogP contribution is 2.11. The minimum Gasteiger partial charge on any atom is -0.448 e. The molecular weight excluding hydrogens is 503 g/mol. The summed E-state index contributed by atoms with van der Waals surface area (Å²) in [6.07, 6.45) is -0.895. The number of carbonyl (C=O) groups is 4. The fraction of sp³-hybridized carbons (Fsp3) is 0.238. The third kappa shape index (κ3) is 6.55. The van der Waals surface area contributed by atoms with Gasteiger partial charge in [-0.15, -0.1) is 0 Å². The van der Waals surface area contributed by atoms with Crippen LogP contribution in [0, 0.1) is 0 Å². The highest BCUT2D eigenvalue weighted by molar-refractivity contribution is 14.1. The fourth-order valence-electron chi connectivity index (χ4n) is 2.40. The number of esters is 2. The van der Waals surface area contributed by atoms with E-state index in [1.54, 1.807) is 6.92 Å². The van der Waals surface area contributed by atoms with Gasteiger partial charge in [-0.1, -0.05) is 0 Å². The minimum absolute atomic E-state index is 0.246. The third-order valence-corrected chi connectivity index (χ3v) is 4.13. The molecule has 9 heteroatoms. The Kier molecular flexibility index (Phi) is 8.34. The first-order chi connectivity index (χ1) is 14.2. The lowest BCUT2D eigenvalue weighted by atomic mass is 10.1. The summed E-state index contributed by atoms with van der Waals surface area (Å²) in [6, 6.07) is 11.9. The van der Waals surface area contributed by atoms with E-state index in [-0.39, 0.29) is 15.6 Å². The lowest BCUT2D eigenvalue weighted by Gasteiger charge is -2.15. The van der Waals surface area contributed by atoms with Crippen molar-refractivity contribution in [1.29, 1.82) is 0 Å². The molecule has 0 radical (unpaired) electrons. The van der Waals surface area contributed by atoms with Gasteiger partial charge in [-0.25, -0.2) is 9.59 Å². The van der Waals surface area contributed by atoms with Crippen LogP contribution in [0.15, 0.2) is 48.5 Å². The maximum atomic E-state index is 12.3. The number of alkyl halides is 1. The van der Waals surface area contributed by atoms with Crippen molar-refractivity contribution in [2.24, 2.45) is 0 Å². The Morgan fingerprint density at radius 1 is 0.733 bits per heavy atom. The Hall–Kier alpha value is -2.95. The maximum absolute atomic E-state index is 12.3. The predicted molar refractivity (Wildman–Crippen MR) is 118 cm³/mol. The topological polar surface area (TPSA) is 111 Å². The summed E-state index contributed by atoms with van der Waals surface area (Å²) in [5.74, 6) is -1.85. The summed E-state index contributed by atoms with van der Waals surface area (Å²) in [5.41, 5.74) is 1.29. The van der Waals surface area contributed by atoms with Crippen LogP contribution in [-0.2, 0) is 9.47 Å². The van der Waals surface area contributed by atoms with Crippen LogP contribution in [0.25, 0.3) is 0 Å². The van der Waals surface area contributed by atoms with Crippen LogP contribution < -0.4 is 10.6 Å². The lowest BCUT2D eigenvalue weighted by molar-refractivity contribution is 0.0263. The summed E-state index contributed by atoms with van der Waals surface area (Å²) in [6.45, 7) is 3.25. The Morgan fingerprint density at radius 2 is 1.13 bits per heavy atom. The number of nitrogens with one attached hydrogen (secondary N) is 2. The Balaban J connectivity index is 1.93. The molecule has 0 aliphatic rings. The zero-order valence-electron chi connectivity index (χ0n) is 16.6. The molecule has 2 N–H and O–H groups in total. The highest BCUT2D eigenvalue weighted by atomic mass is 127. The normalized spacial score (nSPS) is 12.3. The van der Waals surface area contributed by atoms with Crippen molar-refractivity contribution in [3.63, 3.8) is 0 Å². The SMILES string of the molecule is CNC(=O)c1ccc(C(=O)O[C@@H](C)NC(=O)c2ccc(C(=O)OC(C)I)cc2)cc1. The second-order valence-electron chi connectivity index (χ2n) is 6.20. The Morgan fingerprint density at radius 3 is 1.57 bits per heavy atom. The Bertz CT molecular complexity index is 926. The van der Waals surface area contributed by atoms with E-state index in [2.05, 4.69) is 10.6 Å². The molecule has 0 aliphatic carbocycles. The van der Waals surface area contributed by atoms with E-state index in [1.807, 2.05) is 22.6 Å². The molecule has 0 saturated heterocycles. The average molecular weight is 524 g/mol. The zero-order chi connectivity index (χ0) is 22.3. The number of carbonyl (C=O) groups excluding carboxylic acids is 4. The van der Waals surface area contributed by atoms with Gasteiger partial charge in [0.25, 0.3) is 11.8 Å². The van der Waals surface area contributed by atoms with Crippen molar-refractivity contribution in [3.8, 4) is 0 Å². The van der Waals surface area contributed by atoms with E-state index >= 15 is 0 Å². The molecular formula is C21H21IN2O6. The van der Waals surface area contributed by atoms with Crippen molar-refractivity contribution in [2.75, 3.05) is 7.05 Å². The average Bonchev–Trinajstić information content (AvgIpc) is 2.72. The number of hydrogen-bond donors (Lipinski definition) is 2. The quantitative estimate of drug-likeness (QED) is 0.250. The molecule has 30 heavy (non-hydrogen) atoms. The third-order valence-electron chi connectivity index (χ3n) is 3.88. The molecule has 0 saturated carbocycles. The molecule has 0 heterocycles. The minimum atomic E-state index is -0.895. The van der Waals surface area contributed by atoms with Crippen LogP contribution in [0.3, 0.4) is 0 Å². The van der Waals surface area contributed by atoms with E-state index in [0.29, 0.717) is 16.7 Å². The number of halogens is 1. The van der Waals surface area contributed by atoms with Crippen LogP contribution in [0.1, 0.15) is 55.3 Å². The van der Waals surface area contributed by atoms with Crippen molar-refractivity contribution in [1.82, 2.24) is 10.6 Å². The molecule has 2 aromatic carbocycles. The fourth-order valence-corrected chi connectivity index (χ4v) is 2.63. The first kappa shape index (κ1) is 23.3.